The lowest BCUT2D eigenvalue weighted by atomic mass is 10.1. The highest BCUT2D eigenvalue weighted by atomic mass is 35.5. The average molecular weight is 260 g/mol. The third kappa shape index (κ3) is 2.50. The van der Waals surface area contributed by atoms with Crippen molar-refractivity contribution in [3.63, 3.8) is 0 Å². The van der Waals surface area contributed by atoms with Crippen LogP contribution in [0.25, 0.3) is 0 Å². The molecule has 0 unspecified atom stereocenters. The molecule has 5 nitrogen and oxygen atoms in total. The highest BCUT2D eigenvalue weighted by Gasteiger charge is 2.06. The molecule has 18 heavy (non-hydrogen) atoms. The molecular weight excluding hydrogens is 250 g/mol. The van der Waals surface area contributed by atoms with Crippen molar-refractivity contribution in [1.82, 2.24) is 9.97 Å². The van der Waals surface area contributed by atoms with Gasteiger partial charge in [0.15, 0.2) is 5.82 Å². The van der Waals surface area contributed by atoms with Crippen molar-refractivity contribution < 1.29 is 0 Å². The number of anilines is 3. The van der Waals surface area contributed by atoms with Crippen LogP contribution in [-0.2, 0) is 0 Å². The predicted octanol–water partition coefficient (Wildman–Crippen LogP) is 2.64. The summed E-state index contributed by atoms with van der Waals surface area (Å²) in [5.74, 6) is 0.424. The van der Waals surface area contributed by atoms with Gasteiger partial charge in [0.2, 0.25) is 5.28 Å². The molecule has 1 heterocycles. The molecule has 0 saturated carbocycles. The number of benzene rings is 1. The van der Waals surface area contributed by atoms with Gasteiger partial charge in [-0.1, -0.05) is 6.07 Å². The van der Waals surface area contributed by atoms with E-state index in [0.717, 1.165) is 11.3 Å². The minimum absolute atomic E-state index is 0.112. The van der Waals surface area contributed by atoms with Gasteiger partial charge < -0.3 is 11.1 Å². The second-order valence-electron chi connectivity index (χ2n) is 3.71. The lowest BCUT2D eigenvalue weighted by Gasteiger charge is -2.10. The number of halogens is 1. The van der Waals surface area contributed by atoms with E-state index in [2.05, 4.69) is 21.4 Å². The van der Waals surface area contributed by atoms with Gasteiger partial charge in [-0.2, -0.15) is 10.2 Å². The number of nitrogens with two attached hydrogens (primary N) is 1. The number of aromatic nitrogens is 2. The highest BCUT2D eigenvalue weighted by Crippen LogP contribution is 2.24. The van der Waals surface area contributed by atoms with E-state index in [0.29, 0.717) is 17.1 Å². The Kier molecular flexibility index (Phi) is 3.31. The van der Waals surface area contributed by atoms with E-state index in [4.69, 9.17) is 22.6 Å². The molecule has 3 N–H and O–H groups in total. The van der Waals surface area contributed by atoms with Gasteiger partial charge >= 0.3 is 0 Å². The Morgan fingerprint density at radius 2 is 2.22 bits per heavy atom. The molecule has 0 atom stereocenters. The number of nitrogens with one attached hydrogen (secondary N) is 1. The van der Waals surface area contributed by atoms with E-state index in [1.54, 1.807) is 12.1 Å². The molecule has 0 amide bonds. The van der Waals surface area contributed by atoms with Crippen LogP contribution in [0, 0.1) is 18.3 Å². The Balaban J connectivity index is 2.39. The van der Waals surface area contributed by atoms with E-state index >= 15 is 0 Å². The number of nitrogen functional groups attached to an aromatic ring is 1. The molecule has 0 bridgehead atoms. The lowest BCUT2D eigenvalue weighted by Crippen LogP contribution is -2.02. The molecule has 90 valence electrons. The van der Waals surface area contributed by atoms with Crippen molar-refractivity contribution in [3.05, 3.63) is 40.8 Å². The molecular formula is C12H10ClN5. The van der Waals surface area contributed by atoms with Crippen LogP contribution in [0.1, 0.15) is 11.1 Å². The molecule has 1 aromatic carbocycles. The van der Waals surface area contributed by atoms with Crippen molar-refractivity contribution in [2.75, 3.05) is 11.1 Å². The summed E-state index contributed by atoms with van der Waals surface area (Å²) in [5.41, 5.74) is 8.43. The monoisotopic (exact) mass is 259 g/mol. The van der Waals surface area contributed by atoms with E-state index in [9.17, 15) is 0 Å². The van der Waals surface area contributed by atoms with Crippen LogP contribution in [0.3, 0.4) is 0 Å². The zero-order valence-corrected chi connectivity index (χ0v) is 10.4. The summed E-state index contributed by atoms with van der Waals surface area (Å²) in [6.07, 6.45) is 1.43. The maximum Gasteiger partial charge on any atom is 0.224 e. The van der Waals surface area contributed by atoms with Gasteiger partial charge in [-0.25, -0.2) is 4.98 Å². The standard InChI is InChI=1S/C12H10ClN5/c1-7-2-3-8(5-14)4-10(7)17-11-9(15)6-16-12(13)18-11/h2-4,6H,15H2,1H3,(H,16,17,18). The van der Waals surface area contributed by atoms with Gasteiger partial charge in [-0.3, -0.25) is 0 Å². The number of nitriles is 1. The molecule has 0 aliphatic heterocycles. The third-order valence-corrected chi connectivity index (χ3v) is 2.59. The van der Waals surface area contributed by atoms with Crippen molar-refractivity contribution >= 4 is 28.8 Å². The van der Waals surface area contributed by atoms with Gasteiger partial charge in [0.05, 0.1) is 23.5 Å². The van der Waals surface area contributed by atoms with Crippen molar-refractivity contribution in [1.29, 1.82) is 5.26 Å². The van der Waals surface area contributed by atoms with Gasteiger partial charge in [0, 0.05) is 5.69 Å². The lowest BCUT2D eigenvalue weighted by molar-refractivity contribution is 1.17. The van der Waals surface area contributed by atoms with Gasteiger partial charge in [0.1, 0.15) is 0 Å². The topological polar surface area (TPSA) is 87.6 Å². The summed E-state index contributed by atoms with van der Waals surface area (Å²) in [6, 6.07) is 7.40. The fourth-order valence-corrected chi connectivity index (χ4v) is 1.56. The molecule has 0 fully saturated rings. The van der Waals surface area contributed by atoms with E-state index in [1.807, 2.05) is 13.0 Å². The second kappa shape index (κ2) is 4.90. The van der Waals surface area contributed by atoms with Crippen LogP contribution in [0.5, 0.6) is 0 Å². The van der Waals surface area contributed by atoms with E-state index in [-0.39, 0.29) is 5.28 Å². The molecule has 1 aromatic heterocycles. The van der Waals surface area contributed by atoms with E-state index < -0.39 is 0 Å². The van der Waals surface area contributed by atoms with Gasteiger partial charge in [-0.15, -0.1) is 0 Å². The van der Waals surface area contributed by atoms with Gasteiger partial charge in [0.25, 0.3) is 0 Å². The van der Waals surface area contributed by atoms with Crippen molar-refractivity contribution in [2.24, 2.45) is 0 Å². The van der Waals surface area contributed by atoms with Crippen LogP contribution in [-0.4, -0.2) is 9.97 Å². The fraction of sp³-hybridized carbons (Fsp3) is 0.0833. The molecule has 0 aliphatic rings. The Labute approximate surface area is 109 Å². The molecule has 2 aromatic rings. The third-order valence-electron chi connectivity index (χ3n) is 2.41. The summed E-state index contributed by atoms with van der Waals surface area (Å²) in [6.45, 7) is 1.92. The normalized spacial score (nSPS) is 9.83. The smallest absolute Gasteiger partial charge is 0.224 e. The molecule has 0 spiro atoms. The molecule has 6 heteroatoms. The number of nitrogens with zero attached hydrogens (tertiary/aromatic N) is 3. The first-order valence-corrected chi connectivity index (χ1v) is 5.53. The Morgan fingerprint density at radius 3 is 2.94 bits per heavy atom. The zero-order chi connectivity index (χ0) is 13.1. The second-order valence-corrected chi connectivity index (χ2v) is 4.05. The van der Waals surface area contributed by atoms with Crippen molar-refractivity contribution in [2.45, 2.75) is 6.92 Å². The summed E-state index contributed by atoms with van der Waals surface area (Å²) < 4.78 is 0. The first-order valence-electron chi connectivity index (χ1n) is 5.16. The van der Waals surface area contributed by atoms with Crippen LogP contribution in [0.2, 0.25) is 5.28 Å². The minimum atomic E-state index is 0.112. The molecule has 0 radical (unpaired) electrons. The predicted molar refractivity (Wildman–Crippen MR) is 70.6 cm³/mol. The van der Waals surface area contributed by atoms with Crippen LogP contribution in [0.4, 0.5) is 17.2 Å². The van der Waals surface area contributed by atoms with E-state index in [1.165, 1.54) is 6.20 Å². The first kappa shape index (κ1) is 12.1. The fourth-order valence-electron chi connectivity index (χ4n) is 1.42. The van der Waals surface area contributed by atoms with Crippen LogP contribution < -0.4 is 11.1 Å². The van der Waals surface area contributed by atoms with Crippen LogP contribution in [0.15, 0.2) is 24.4 Å². The summed E-state index contributed by atoms with van der Waals surface area (Å²) in [5, 5.41) is 12.0. The Morgan fingerprint density at radius 1 is 1.44 bits per heavy atom. The summed E-state index contributed by atoms with van der Waals surface area (Å²) in [7, 11) is 0. The molecule has 0 aliphatic carbocycles. The zero-order valence-electron chi connectivity index (χ0n) is 9.61. The molecule has 0 saturated heterocycles. The van der Waals surface area contributed by atoms with Crippen molar-refractivity contribution in [3.8, 4) is 6.07 Å². The Bertz CT molecular complexity index is 633. The SMILES string of the molecule is Cc1ccc(C#N)cc1Nc1nc(Cl)ncc1N. The number of aryl methyl sites for hydroxylation is 1. The maximum atomic E-state index is 8.87. The first-order chi connectivity index (χ1) is 8.60. The number of rotatable bonds is 2. The van der Waals surface area contributed by atoms with Crippen LogP contribution >= 0.6 is 11.6 Å². The summed E-state index contributed by atoms with van der Waals surface area (Å²) in [4.78, 5) is 7.77. The Hall–Kier alpha value is -2.32. The minimum Gasteiger partial charge on any atom is -0.394 e. The summed E-state index contributed by atoms with van der Waals surface area (Å²) >= 11 is 5.71. The van der Waals surface area contributed by atoms with Gasteiger partial charge in [-0.05, 0) is 36.2 Å². The average Bonchev–Trinajstić information content (AvgIpc) is 2.36. The quantitative estimate of drug-likeness (QED) is 0.810. The maximum absolute atomic E-state index is 8.87. The number of hydrogen-bond donors (Lipinski definition) is 2. The highest BCUT2D eigenvalue weighted by molar-refractivity contribution is 6.28. The number of hydrogen-bond acceptors (Lipinski definition) is 5. The molecule has 2 rings (SSSR count). The largest absolute Gasteiger partial charge is 0.394 e.